The monoisotopic (exact) mass is 268 g/mol. The third-order valence-electron chi connectivity index (χ3n) is 3.52. The van der Waals surface area contributed by atoms with Crippen molar-refractivity contribution >= 4 is 22.4 Å². The fourth-order valence-electron chi connectivity index (χ4n) is 2.35. The van der Waals surface area contributed by atoms with Crippen LogP contribution in [0, 0.1) is 0 Å². The lowest BCUT2D eigenvalue weighted by molar-refractivity contribution is -0.125. The summed E-state index contributed by atoms with van der Waals surface area (Å²) in [5.74, 6) is 0.00250. The molecule has 1 amide bonds. The van der Waals surface area contributed by atoms with E-state index in [9.17, 15) is 4.79 Å². The predicted molar refractivity (Wildman–Crippen MR) is 78.0 cm³/mol. The maximum absolute atomic E-state index is 12.4. The summed E-state index contributed by atoms with van der Waals surface area (Å²) >= 11 is 0. The molecule has 20 heavy (non-hydrogen) atoms. The van der Waals surface area contributed by atoms with Gasteiger partial charge in [0.25, 0.3) is 5.91 Å². The van der Waals surface area contributed by atoms with Gasteiger partial charge in [-0.2, -0.15) is 0 Å². The smallest absolute Gasteiger partial charge is 0.253 e. The zero-order valence-electron chi connectivity index (χ0n) is 11.2. The van der Waals surface area contributed by atoms with E-state index in [4.69, 9.17) is 0 Å². The molecule has 1 aromatic carbocycles. The van der Waals surface area contributed by atoms with E-state index in [0.717, 1.165) is 42.6 Å². The van der Waals surface area contributed by atoms with Crippen LogP contribution in [0.5, 0.6) is 0 Å². The molecule has 1 aromatic heterocycles. The molecule has 5 nitrogen and oxygen atoms in total. The van der Waals surface area contributed by atoms with Gasteiger partial charge in [0.15, 0.2) is 0 Å². The van der Waals surface area contributed by atoms with E-state index < -0.39 is 0 Å². The summed E-state index contributed by atoms with van der Waals surface area (Å²) < 4.78 is 0. The number of carbonyl (C=O) groups is 1. The Morgan fingerprint density at radius 2 is 2.10 bits per heavy atom. The van der Waals surface area contributed by atoms with Crippen LogP contribution in [0.3, 0.4) is 0 Å². The molecule has 0 bridgehead atoms. The summed E-state index contributed by atoms with van der Waals surface area (Å²) in [5.41, 5.74) is 2.22. The molecule has 0 spiro atoms. The Morgan fingerprint density at radius 3 is 2.90 bits per heavy atom. The van der Waals surface area contributed by atoms with Gasteiger partial charge < -0.3 is 10.2 Å². The van der Waals surface area contributed by atoms with E-state index in [1.165, 1.54) is 6.33 Å². The minimum atomic E-state index is 0.00250. The fraction of sp³-hybridized carbons (Fsp3) is 0.267. The lowest BCUT2D eigenvalue weighted by Gasteiger charge is -2.28. The molecule has 1 N–H and O–H groups in total. The molecule has 1 aliphatic heterocycles. The third-order valence-corrected chi connectivity index (χ3v) is 3.52. The first kappa shape index (κ1) is 12.7. The fourth-order valence-corrected chi connectivity index (χ4v) is 2.35. The molecule has 102 valence electrons. The Hall–Kier alpha value is -2.27. The van der Waals surface area contributed by atoms with Gasteiger partial charge in [0.05, 0.1) is 5.52 Å². The molecule has 2 aromatic rings. The molecule has 1 saturated heterocycles. The summed E-state index contributed by atoms with van der Waals surface area (Å²) in [5, 5.41) is 4.15. The number of benzene rings is 1. The lowest BCUT2D eigenvalue weighted by Crippen LogP contribution is -2.46. The van der Waals surface area contributed by atoms with Gasteiger partial charge in [-0.15, -0.1) is 0 Å². The summed E-state index contributed by atoms with van der Waals surface area (Å²) in [6, 6.07) is 5.69. The molecule has 0 unspecified atom stereocenters. The van der Waals surface area contributed by atoms with Crippen LogP contribution >= 0.6 is 0 Å². The molecule has 1 fully saturated rings. The highest BCUT2D eigenvalue weighted by Gasteiger charge is 2.19. The maximum atomic E-state index is 12.4. The highest BCUT2D eigenvalue weighted by atomic mass is 16.2. The lowest BCUT2D eigenvalue weighted by atomic mass is 10.0. The molecule has 0 aliphatic carbocycles. The zero-order chi connectivity index (χ0) is 13.9. The van der Waals surface area contributed by atoms with Crippen LogP contribution in [0.25, 0.3) is 16.5 Å². The van der Waals surface area contributed by atoms with Crippen LogP contribution in [0.4, 0.5) is 0 Å². The number of hydrogen-bond acceptors (Lipinski definition) is 4. The van der Waals surface area contributed by atoms with E-state index in [1.54, 1.807) is 6.20 Å². The van der Waals surface area contributed by atoms with Gasteiger partial charge in [-0.25, -0.2) is 9.97 Å². The minimum absolute atomic E-state index is 0.00250. The SMILES string of the molecule is C=C(C(=O)N1CCNCC1)c1ccc2ncncc2c1. The van der Waals surface area contributed by atoms with Gasteiger partial charge >= 0.3 is 0 Å². The van der Waals surface area contributed by atoms with Crippen molar-refractivity contribution in [1.82, 2.24) is 20.2 Å². The van der Waals surface area contributed by atoms with Crippen LogP contribution in [0.15, 0.2) is 37.3 Å². The molecular weight excluding hydrogens is 252 g/mol. The number of fused-ring (bicyclic) bond motifs is 1. The number of rotatable bonds is 2. The average Bonchev–Trinajstić information content (AvgIpc) is 2.54. The van der Waals surface area contributed by atoms with Gasteiger partial charge in [-0.3, -0.25) is 4.79 Å². The molecule has 0 saturated carbocycles. The van der Waals surface area contributed by atoms with E-state index in [0.29, 0.717) is 5.57 Å². The second-order valence-corrected chi connectivity index (χ2v) is 4.82. The van der Waals surface area contributed by atoms with Crippen molar-refractivity contribution in [3.05, 3.63) is 42.9 Å². The summed E-state index contributed by atoms with van der Waals surface area (Å²) in [7, 11) is 0. The summed E-state index contributed by atoms with van der Waals surface area (Å²) in [6.07, 6.45) is 3.26. The van der Waals surface area contributed by atoms with E-state index in [1.807, 2.05) is 23.1 Å². The first-order chi connectivity index (χ1) is 9.75. The second-order valence-electron chi connectivity index (χ2n) is 4.82. The van der Waals surface area contributed by atoms with Crippen molar-refractivity contribution in [2.24, 2.45) is 0 Å². The normalized spacial score (nSPS) is 15.3. The number of aromatic nitrogens is 2. The van der Waals surface area contributed by atoms with E-state index in [2.05, 4.69) is 21.9 Å². The standard InChI is InChI=1S/C15H16N4O/c1-11(15(20)19-6-4-16-5-7-19)12-2-3-14-13(8-12)9-17-10-18-14/h2-3,8-10,16H,1,4-7H2. The Balaban J connectivity index is 1.86. The van der Waals surface area contributed by atoms with E-state index >= 15 is 0 Å². The first-order valence-electron chi connectivity index (χ1n) is 6.65. The van der Waals surface area contributed by atoms with Crippen molar-refractivity contribution in [2.45, 2.75) is 0 Å². The van der Waals surface area contributed by atoms with Gasteiger partial charge in [0.2, 0.25) is 0 Å². The minimum Gasteiger partial charge on any atom is -0.336 e. The van der Waals surface area contributed by atoms with Gasteiger partial charge in [0.1, 0.15) is 6.33 Å². The maximum Gasteiger partial charge on any atom is 0.253 e. The zero-order valence-corrected chi connectivity index (χ0v) is 11.2. The highest BCUT2D eigenvalue weighted by molar-refractivity contribution is 6.19. The van der Waals surface area contributed by atoms with Crippen LogP contribution in [0.1, 0.15) is 5.56 Å². The average molecular weight is 268 g/mol. The summed E-state index contributed by atoms with van der Waals surface area (Å²) in [4.78, 5) is 22.4. The summed E-state index contributed by atoms with van der Waals surface area (Å²) in [6.45, 7) is 7.09. The molecule has 0 atom stereocenters. The Morgan fingerprint density at radius 1 is 1.30 bits per heavy atom. The molecule has 0 radical (unpaired) electrons. The van der Waals surface area contributed by atoms with Crippen molar-refractivity contribution in [3.63, 3.8) is 0 Å². The van der Waals surface area contributed by atoms with Crippen molar-refractivity contribution < 1.29 is 4.79 Å². The van der Waals surface area contributed by atoms with Gasteiger partial charge in [0, 0.05) is 43.3 Å². The Kier molecular flexibility index (Phi) is 3.43. The first-order valence-corrected chi connectivity index (χ1v) is 6.65. The van der Waals surface area contributed by atoms with E-state index in [-0.39, 0.29) is 5.91 Å². The topological polar surface area (TPSA) is 58.1 Å². The third kappa shape index (κ3) is 2.40. The largest absolute Gasteiger partial charge is 0.336 e. The number of nitrogens with zero attached hydrogens (tertiary/aromatic N) is 3. The quantitative estimate of drug-likeness (QED) is 0.828. The number of carbonyl (C=O) groups excluding carboxylic acids is 1. The number of hydrogen-bond donors (Lipinski definition) is 1. The van der Waals surface area contributed by atoms with Crippen molar-refractivity contribution in [3.8, 4) is 0 Å². The Labute approximate surface area is 117 Å². The highest BCUT2D eigenvalue weighted by Crippen LogP contribution is 2.20. The second kappa shape index (κ2) is 5.38. The van der Waals surface area contributed by atoms with Gasteiger partial charge in [-0.1, -0.05) is 12.6 Å². The van der Waals surface area contributed by atoms with Crippen LogP contribution in [-0.2, 0) is 4.79 Å². The Bertz CT molecular complexity index is 662. The van der Waals surface area contributed by atoms with Gasteiger partial charge in [-0.05, 0) is 17.7 Å². The molecule has 2 heterocycles. The van der Waals surface area contributed by atoms with Crippen LogP contribution in [-0.4, -0.2) is 47.0 Å². The van der Waals surface area contributed by atoms with Crippen molar-refractivity contribution in [1.29, 1.82) is 0 Å². The molecule has 5 heteroatoms. The molecule has 1 aliphatic rings. The predicted octanol–water partition coefficient (Wildman–Crippen LogP) is 1.07. The van der Waals surface area contributed by atoms with Crippen molar-refractivity contribution in [2.75, 3.05) is 26.2 Å². The van der Waals surface area contributed by atoms with Crippen LogP contribution < -0.4 is 5.32 Å². The molecular formula is C15H16N4O. The number of piperazine rings is 1. The number of amides is 1. The molecule has 3 rings (SSSR count). The number of nitrogens with one attached hydrogen (secondary N) is 1. The van der Waals surface area contributed by atoms with Crippen LogP contribution in [0.2, 0.25) is 0 Å².